The van der Waals surface area contributed by atoms with Crippen LogP contribution in [0.1, 0.15) is 49.0 Å². The molecule has 0 aliphatic heterocycles. The first-order chi connectivity index (χ1) is 9.63. The summed E-state index contributed by atoms with van der Waals surface area (Å²) in [5.74, 6) is 6.76. The number of nitrogens with one attached hydrogen (secondary N) is 1. The van der Waals surface area contributed by atoms with Crippen LogP contribution in [0.4, 0.5) is 0 Å². The summed E-state index contributed by atoms with van der Waals surface area (Å²) >= 11 is 1.35. The van der Waals surface area contributed by atoms with Gasteiger partial charge in [-0.25, -0.2) is 5.43 Å². The van der Waals surface area contributed by atoms with Crippen molar-refractivity contribution in [2.24, 2.45) is 5.84 Å². The van der Waals surface area contributed by atoms with E-state index in [0.717, 1.165) is 22.8 Å². The van der Waals surface area contributed by atoms with Crippen LogP contribution in [-0.4, -0.2) is 26.5 Å². The average Bonchev–Trinajstić information content (AvgIpc) is 3.06. The molecule has 0 saturated heterocycles. The van der Waals surface area contributed by atoms with E-state index in [0.29, 0.717) is 5.75 Å². The molecule has 2 rings (SSSR count). The standard InChI is InChI=1S/C12H20N6OS/c1-5-18-11(8(19-4)6-14-18)10(15-13)12-9(7(2)3)16-17-20-12/h6-7,10,15H,5,13H2,1-4H3. The predicted octanol–water partition coefficient (Wildman–Crippen LogP) is 1.44. The highest BCUT2D eigenvalue weighted by Gasteiger charge is 2.27. The summed E-state index contributed by atoms with van der Waals surface area (Å²) in [5, 5.41) is 8.53. The third kappa shape index (κ3) is 2.54. The zero-order chi connectivity index (χ0) is 14.7. The third-order valence-corrected chi connectivity index (χ3v) is 3.96. The van der Waals surface area contributed by atoms with E-state index in [1.165, 1.54) is 11.5 Å². The summed E-state index contributed by atoms with van der Waals surface area (Å²) in [6, 6.07) is -0.232. The number of hydrogen-bond acceptors (Lipinski definition) is 7. The molecule has 3 N–H and O–H groups in total. The lowest BCUT2D eigenvalue weighted by Gasteiger charge is -2.18. The van der Waals surface area contributed by atoms with E-state index >= 15 is 0 Å². The minimum absolute atomic E-state index is 0.232. The molecule has 110 valence electrons. The fourth-order valence-corrected chi connectivity index (χ4v) is 3.03. The molecule has 0 fully saturated rings. The number of ether oxygens (including phenoxy) is 1. The highest BCUT2D eigenvalue weighted by atomic mass is 32.1. The van der Waals surface area contributed by atoms with Crippen molar-refractivity contribution in [3.8, 4) is 5.75 Å². The van der Waals surface area contributed by atoms with Crippen molar-refractivity contribution < 1.29 is 4.74 Å². The molecule has 1 unspecified atom stereocenters. The van der Waals surface area contributed by atoms with E-state index in [4.69, 9.17) is 10.6 Å². The Morgan fingerprint density at radius 1 is 1.50 bits per heavy atom. The number of methoxy groups -OCH3 is 1. The zero-order valence-corrected chi connectivity index (χ0v) is 12.9. The molecule has 0 spiro atoms. The number of aromatic nitrogens is 4. The number of hydrazine groups is 1. The van der Waals surface area contributed by atoms with Crippen molar-refractivity contribution in [3.63, 3.8) is 0 Å². The molecule has 2 heterocycles. The summed E-state index contributed by atoms with van der Waals surface area (Å²) in [6.45, 7) is 6.93. The molecule has 1 atom stereocenters. The Balaban J connectivity index is 2.52. The van der Waals surface area contributed by atoms with Crippen molar-refractivity contribution in [3.05, 3.63) is 22.5 Å². The Kier molecular flexibility index (Phi) is 4.69. The van der Waals surface area contributed by atoms with Gasteiger partial charge in [-0.05, 0) is 24.4 Å². The van der Waals surface area contributed by atoms with Crippen LogP contribution in [-0.2, 0) is 6.54 Å². The fourth-order valence-electron chi connectivity index (χ4n) is 2.16. The summed E-state index contributed by atoms with van der Waals surface area (Å²) in [5.41, 5.74) is 4.68. The molecule has 0 amide bonds. The third-order valence-electron chi connectivity index (χ3n) is 3.15. The molecular formula is C12H20N6OS. The maximum atomic E-state index is 5.78. The number of hydrogen-bond donors (Lipinski definition) is 2. The molecule has 20 heavy (non-hydrogen) atoms. The Morgan fingerprint density at radius 2 is 2.25 bits per heavy atom. The molecule has 0 aliphatic rings. The van der Waals surface area contributed by atoms with Gasteiger partial charge in [-0.1, -0.05) is 18.3 Å². The first-order valence-corrected chi connectivity index (χ1v) is 7.29. The minimum Gasteiger partial charge on any atom is -0.493 e. The van der Waals surface area contributed by atoms with Gasteiger partial charge >= 0.3 is 0 Å². The maximum absolute atomic E-state index is 5.78. The van der Waals surface area contributed by atoms with E-state index < -0.39 is 0 Å². The van der Waals surface area contributed by atoms with Gasteiger partial charge in [0.1, 0.15) is 11.7 Å². The van der Waals surface area contributed by atoms with Crippen molar-refractivity contribution in [1.29, 1.82) is 0 Å². The number of nitrogens with zero attached hydrogens (tertiary/aromatic N) is 4. The summed E-state index contributed by atoms with van der Waals surface area (Å²) in [6.07, 6.45) is 1.70. The number of aryl methyl sites for hydroxylation is 1. The van der Waals surface area contributed by atoms with Crippen LogP contribution in [0.5, 0.6) is 5.75 Å². The maximum Gasteiger partial charge on any atom is 0.162 e. The van der Waals surface area contributed by atoms with Gasteiger partial charge in [-0.3, -0.25) is 10.5 Å². The second-order valence-corrected chi connectivity index (χ2v) is 5.48. The normalized spacial score (nSPS) is 12.9. The van der Waals surface area contributed by atoms with Crippen LogP contribution in [0.2, 0.25) is 0 Å². The lowest BCUT2D eigenvalue weighted by molar-refractivity contribution is 0.399. The summed E-state index contributed by atoms with van der Waals surface area (Å²) < 4.78 is 11.3. The minimum atomic E-state index is -0.232. The molecule has 0 aliphatic carbocycles. The Bertz CT molecular complexity index is 543. The van der Waals surface area contributed by atoms with Crippen LogP contribution >= 0.6 is 11.5 Å². The van der Waals surface area contributed by atoms with Crippen molar-refractivity contribution in [2.75, 3.05) is 7.11 Å². The van der Waals surface area contributed by atoms with Crippen molar-refractivity contribution >= 4 is 11.5 Å². The highest BCUT2D eigenvalue weighted by molar-refractivity contribution is 7.05. The van der Waals surface area contributed by atoms with Crippen LogP contribution < -0.4 is 16.0 Å². The Labute approximate surface area is 122 Å². The van der Waals surface area contributed by atoms with Crippen LogP contribution in [0.25, 0.3) is 0 Å². The first kappa shape index (κ1) is 14.9. The molecule has 0 radical (unpaired) electrons. The fraction of sp³-hybridized carbons (Fsp3) is 0.583. The second kappa shape index (κ2) is 6.29. The van der Waals surface area contributed by atoms with Gasteiger partial charge in [-0.15, -0.1) is 5.10 Å². The van der Waals surface area contributed by atoms with E-state index in [9.17, 15) is 0 Å². The van der Waals surface area contributed by atoms with E-state index in [-0.39, 0.29) is 12.0 Å². The molecule has 2 aromatic rings. The largest absolute Gasteiger partial charge is 0.493 e. The predicted molar refractivity (Wildman–Crippen MR) is 77.6 cm³/mol. The van der Waals surface area contributed by atoms with Gasteiger partial charge in [0, 0.05) is 6.54 Å². The van der Waals surface area contributed by atoms with Crippen LogP contribution in [0, 0.1) is 0 Å². The van der Waals surface area contributed by atoms with Crippen molar-refractivity contribution in [1.82, 2.24) is 24.8 Å². The number of rotatable bonds is 6. The molecule has 8 heteroatoms. The quantitative estimate of drug-likeness (QED) is 0.619. The topological polar surface area (TPSA) is 90.9 Å². The van der Waals surface area contributed by atoms with E-state index in [1.54, 1.807) is 13.3 Å². The lowest BCUT2D eigenvalue weighted by atomic mass is 10.0. The molecule has 2 aromatic heterocycles. The number of nitrogens with two attached hydrogens (primary N) is 1. The van der Waals surface area contributed by atoms with E-state index in [1.807, 2.05) is 11.6 Å². The van der Waals surface area contributed by atoms with Crippen LogP contribution in [0.3, 0.4) is 0 Å². The zero-order valence-electron chi connectivity index (χ0n) is 12.1. The molecule has 0 saturated carbocycles. The Hall–Kier alpha value is -1.51. The second-order valence-electron chi connectivity index (χ2n) is 4.69. The monoisotopic (exact) mass is 296 g/mol. The van der Waals surface area contributed by atoms with Gasteiger partial charge in [-0.2, -0.15) is 5.10 Å². The van der Waals surface area contributed by atoms with E-state index in [2.05, 4.69) is 34.0 Å². The Morgan fingerprint density at radius 3 is 2.80 bits per heavy atom. The highest BCUT2D eigenvalue weighted by Crippen LogP contribution is 2.34. The average molecular weight is 296 g/mol. The molecular weight excluding hydrogens is 276 g/mol. The molecule has 0 bridgehead atoms. The smallest absolute Gasteiger partial charge is 0.162 e. The summed E-state index contributed by atoms with van der Waals surface area (Å²) in [7, 11) is 1.63. The van der Waals surface area contributed by atoms with Crippen LogP contribution in [0.15, 0.2) is 6.20 Å². The van der Waals surface area contributed by atoms with Gasteiger partial charge < -0.3 is 4.74 Å². The lowest BCUT2D eigenvalue weighted by Crippen LogP contribution is -2.31. The van der Waals surface area contributed by atoms with Gasteiger partial charge in [0.25, 0.3) is 0 Å². The van der Waals surface area contributed by atoms with Gasteiger partial charge in [0.05, 0.1) is 23.9 Å². The molecule has 0 aromatic carbocycles. The first-order valence-electron chi connectivity index (χ1n) is 6.51. The van der Waals surface area contributed by atoms with Gasteiger partial charge in [0.2, 0.25) is 0 Å². The van der Waals surface area contributed by atoms with Gasteiger partial charge in [0.15, 0.2) is 5.75 Å². The molecule has 7 nitrogen and oxygen atoms in total. The SMILES string of the molecule is CCn1ncc(OC)c1C(NN)c1snnc1C(C)C. The van der Waals surface area contributed by atoms with Crippen molar-refractivity contribution in [2.45, 2.75) is 39.3 Å². The summed E-state index contributed by atoms with van der Waals surface area (Å²) in [4.78, 5) is 0.996.